The fraction of sp³-hybridized carbons (Fsp3) is 0.238. The van der Waals surface area contributed by atoms with E-state index in [2.05, 4.69) is 5.10 Å². The molecule has 1 aliphatic rings. The van der Waals surface area contributed by atoms with E-state index in [1.54, 1.807) is 37.2 Å². The largest absolute Gasteiger partial charge is 0.486 e. The van der Waals surface area contributed by atoms with Gasteiger partial charge in [-0.2, -0.15) is 5.10 Å². The second-order valence-corrected chi connectivity index (χ2v) is 6.81. The van der Waals surface area contributed by atoms with Crippen LogP contribution >= 0.6 is 0 Å². The van der Waals surface area contributed by atoms with Gasteiger partial charge in [-0.3, -0.25) is 9.48 Å². The third-order valence-corrected chi connectivity index (χ3v) is 4.57. The first-order chi connectivity index (χ1) is 13.5. The summed E-state index contributed by atoms with van der Waals surface area (Å²) in [5, 5.41) is 4.10. The molecule has 0 spiro atoms. The Morgan fingerprint density at radius 3 is 2.79 bits per heavy atom. The van der Waals surface area contributed by atoms with Crippen LogP contribution in [0.2, 0.25) is 0 Å². The van der Waals surface area contributed by atoms with Crippen LogP contribution in [0.25, 0.3) is 11.1 Å². The number of nitrogens with zero attached hydrogens (tertiary/aromatic N) is 3. The zero-order valence-electron chi connectivity index (χ0n) is 15.6. The van der Waals surface area contributed by atoms with Crippen LogP contribution in [0.3, 0.4) is 0 Å². The molecule has 1 atom stereocenters. The Morgan fingerprint density at radius 2 is 2.04 bits per heavy atom. The highest BCUT2D eigenvalue weighted by Crippen LogP contribution is 2.31. The van der Waals surface area contributed by atoms with Crippen molar-refractivity contribution in [1.29, 1.82) is 0 Å². The second-order valence-electron chi connectivity index (χ2n) is 6.81. The normalized spacial score (nSPS) is 15.3. The number of rotatable bonds is 4. The number of aromatic nitrogens is 2. The Labute approximate surface area is 162 Å². The molecule has 144 valence electrons. The molecule has 1 unspecified atom stereocenters. The predicted octanol–water partition coefficient (Wildman–Crippen LogP) is 3.14. The van der Waals surface area contributed by atoms with E-state index in [-0.39, 0.29) is 17.6 Å². The molecule has 0 bridgehead atoms. The maximum atomic E-state index is 14.1. The SMILES string of the molecule is CN(CC1COc2ccccc2O1)C(=O)c1cc(F)cc(-c2cnn(C)c2)c1. The van der Waals surface area contributed by atoms with E-state index >= 15 is 0 Å². The fourth-order valence-corrected chi connectivity index (χ4v) is 3.21. The van der Waals surface area contributed by atoms with Crippen LogP contribution in [-0.2, 0) is 7.05 Å². The van der Waals surface area contributed by atoms with Crippen LogP contribution in [0.15, 0.2) is 54.9 Å². The number of hydrogen-bond donors (Lipinski definition) is 0. The van der Waals surface area contributed by atoms with Gasteiger partial charge in [0.25, 0.3) is 5.91 Å². The van der Waals surface area contributed by atoms with Crippen molar-refractivity contribution in [3.05, 3.63) is 66.2 Å². The van der Waals surface area contributed by atoms with Crippen molar-refractivity contribution in [2.24, 2.45) is 7.05 Å². The van der Waals surface area contributed by atoms with Gasteiger partial charge in [0.1, 0.15) is 12.4 Å². The number of halogens is 1. The van der Waals surface area contributed by atoms with Gasteiger partial charge < -0.3 is 14.4 Å². The van der Waals surface area contributed by atoms with Crippen molar-refractivity contribution in [3.63, 3.8) is 0 Å². The molecule has 0 radical (unpaired) electrons. The summed E-state index contributed by atoms with van der Waals surface area (Å²) >= 11 is 0. The Bertz CT molecular complexity index is 1020. The molecule has 1 aromatic heterocycles. The molecule has 0 fully saturated rings. The van der Waals surface area contributed by atoms with Crippen LogP contribution < -0.4 is 9.47 Å². The molecule has 6 nitrogen and oxygen atoms in total. The number of carbonyl (C=O) groups excluding carboxylic acids is 1. The first-order valence-corrected chi connectivity index (χ1v) is 8.93. The Balaban J connectivity index is 1.49. The highest BCUT2D eigenvalue weighted by Gasteiger charge is 2.24. The topological polar surface area (TPSA) is 56.6 Å². The van der Waals surface area contributed by atoms with Crippen molar-refractivity contribution in [3.8, 4) is 22.6 Å². The number of hydrogen-bond acceptors (Lipinski definition) is 4. The molecule has 7 heteroatoms. The molecule has 4 rings (SSSR count). The molecule has 0 aliphatic carbocycles. The smallest absolute Gasteiger partial charge is 0.253 e. The molecule has 1 amide bonds. The molecule has 2 aromatic carbocycles. The zero-order chi connectivity index (χ0) is 19.7. The number of aryl methyl sites for hydroxylation is 1. The third-order valence-electron chi connectivity index (χ3n) is 4.57. The minimum atomic E-state index is -0.468. The van der Waals surface area contributed by atoms with Crippen molar-refractivity contribution < 1.29 is 18.7 Å². The van der Waals surface area contributed by atoms with E-state index < -0.39 is 5.82 Å². The van der Waals surface area contributed by atoms with Gasteiger partial charge in [0.05, 0.1) is 12.7 Å². The lowest BCUT2D eigenvalue weighted by Gasteiger charge is -2.29. The number of amides is 1. The molecular weight excluding hydrogens is 361 g/mol. The Kier molecular flexibility index (Phi) is 4.73. The molecule has 28 heavy (non-hydrogen) atoms. The van der Waals surface area contributed by atoms with Crippen molar-refractivity contribution >= 4 is 5.91 Å². The Morgan fingerprint density at radius 1 is 1.25 bits per heavy atom. The molecule has 0 N–H and O–H groups in total. The monoisotopic (exact) mass is 381 g/mol. The highest BCUT2D eigenvalue weighted by atomic mass is 19.1. The maximum absolute atomic E-state index is 14.1. The van der Waals surface area contributed by atoms with E-state index in [1.807, 2.05) is 24.3 Å². The number of ether oxygens (including phenoxy) is 2. The van der Waals surface area contributed by atoms with E-state index in [1.165, 1.54) is 17.0 Å². The molecule has 0 saturated carbocycles. The third kappa shape index (κ3) is 3.69. The van der Waals surface area contributed by atoms with E-state index in [0.29, 0.717) is 30.2 Å². The quantitative estimate of drug-likeness (QED) is 0.697. The highest BCUT2D eigenvalue weighted by molar-refractivity contribution is 5.95. The first kappa shape index (κ1) is 18.0. The number of carbonyl (C=O) groups is 1. The van der Waals surface area contributed by atoms with E-state index in [4.69, 9.17) is 9.47 Å². The minimum Gasteiger partial charge on any atom is -0.486 e. The fourth-order valence-electron chi connectivity index (χ4n) is 3.21. The molecule has 1 aliphatic heterocycles. The van der Waals surface area contributed by atoms with Gasteiger partial charge in [-0.05, 0) is 35.9 Å². The van der Waals surface area contributed by atoms with Crippen LogP contribution in [0, 0.1) is 5.82 Å². The van der Waals surface area contributed by atoms with Crippen LogP contribution in [0.5, 0.6) is 11.5 Å². The molecule has 2 heterocycles. The van der Waals surface area contributed by atoms with Crippen LogP contribution in [-0.4, -0.2) is 46.9 Å². The lowest BCUT2D eigenvalue weighted by atomic mass is 10.0. The molecular formula is C21H20FN3O3. The molecule has 0 saturated heterocycles. The average Bonchev–Trinajstić information content (AvgIpc) is 3.13. The summed E-state index contributed by atoms with van der Waals surface area (Å²) in [6.07, 6.45) is 3.12. The molecule has 3 aromatic rings. The summed E-state index contributed by atoms with van der Waals surface area (Å²) in [4.78, 5) is 14.4. The summed E-state index contributed by atoms with van der Waals surface area (Å²) < 4.78 is 27.3. The summed E-state index contributed by atoms with van der Waals surface area (Å²) in [7, 11) is 3.45. The van der Waals surface area contributed by atoms with Gasteiger partial charge in [0.2, 0.25) is 0 Å². The Hall–Kier alpha value is -3.35. The first-order valence-electron chi connectivity index (χ1n) is 8.93. The van der Waals surface area contributed by atoms with Crippen LogP contribution in [0.1, 0.15) is 10.4 Å². The number of para-hydroxylation sites is 2. The van der Waals surface area contributed by atoms with Gasteiger partial charge in [-0.25, -0.2) is 4.39 Å². The zero-order valence-corrected chi connectivity index (χ0v) is 15.6. The summed E-state index contributed by atoms with van der Waals surface area (Å²) in [6.45, 7) is 0.671. The van der Waals surface area contributed by atoms with Crippen LogP contribution in [0.4, 0.5) is 4.39 Å². The van der Waals surface area contributed by atoms with E-state index in [9.17, 15) is 9.18 Å². The second kappa shape index (κ2) is 7.34. The summed E-state index contributed by atoms with van der Waals surface area (Å²) in [5.74, 6) is 0.597. The number of likely N-dealkylation sites (N-methyl/N-ethyl adjacent to an activating group) is 1. The van der Waals surface area contributed by atoms with Crippen molar-refractivity contribution in [1.82, 2.24) is 14.7 Å². The van der Waals surface area contributed by atoms with Crippen molar-refractivity contribution in [2.45, 2.75) is 6.10 Å². The van der Waals surface area contributed by atoms with Gasteiger partial charge in [0, 0.05) is 31.4 Å². The van der Waals surface area contributed by atoms with Gasteiger partial charge in [-0.15, -0.1) is 0 Å². The van der Waals surface area contributed by atoms with Gasteiger partial charge >= 0.3 is 0 Å². The number of benzene rings is 2. The average molecular weight is 381 g/mol. The minimum absolute atomic E-state index is 0.276. The van der Waals surface area contributed by atoms with Gasteiger partial charge in [0.15, 0.2) is 17.6 Å². The summed E-state index contributed by atoms with van der Waals surface area (Å²) in [5.41, 5.74) is 1.63. The predicted molar refractivity (Wildman–Crippen MR) is 102 cm³/mol. The van der Waals surface area contributed by atoms with Crippen molar-refractivity contribution in [2.75, 3.05) is 20.2 Å². The lowest BCUT2D eigenvalue weighted by molar-refractivity contribution is 0.0520. The standard InChI is InChI=1S/C21H20FN3O3/c1-24(12-18-13-27-19-5-3-4-6-20(19)28-18)21(26)15-7-14(8-17(22)9-15)16-10-23-25(2)11-16/h3-11,18H,12-13H2,1-2H3. The van der Waals surface area contributed by atoms with E-state index in [0.717, 1.165) is 5.56 Å². The lowest BCUT2D eigenvalue weighted by Crippen LogP contribution is -2.41. The number of fused-ring (bicyclic) bond motifs is 1. The maximum Gasteiger partial charge on any atom is 0.253 e. The summed E-state index contributed by atoms with van der Waals surface area (Å²) in [6, 6.07) is 11.7. The van der Waals surface area contributed by atoms with Gasteiger partial charge in [-0.1, -0.05) is 12.1 Å².